The molecule has 6 heteroatoms. The fourth-order valence-electron chi connectivity index (χ4n) is 3.51. The molecule has 0 bridgehead atoms. The second-order valence-electron chi connectivity index (χ2n) is 7.54. The van der Waals surface area contributed by atoms with Crippen LogP contribution in [0.2, 0.25) is 0 Å². The van der Waals surface area contributed by atoms with Gasteiger partial charge in [0.25, 0.3) is 0 Å². The third-order valence-electron chi connectivity index (χ3n) is 5.48. The lowest BCUT2D eigenvalue weighted by Crippen LogP contribution is -2.52. The van der Waals surface area contributed by atoms with Gasteiger partial charge in [0.15, 0.2) is 5.96 Å². The maximum atomic E-state index is 12.3. The molecule has 1 saturated heterocycles. The first-order valence-corrected chi connectivity index (χ1v) is 10.8. The normalized spacial score (nSPS) is 19.3. The molecule has 0 radical (unpaired) electrons. The number of unbranched alkanes of at least 4 members (excludes halogenated alkanes) is 3. The third kappa shape index (κ3) is 7.14. The number of piperazine rings is 1. The van der Waals surface area contributed by atoms with E-state index in [-0.39, 0.29) is 0 Å². The maximum absolute atomic E-state index is 12.3. The van der Waals surface area contributed by atoms with Crippen LogP contribution in [-0.2, 0) is 4.79 Å². The Morgan fingerprint density at radius 2 is 1.81 bits per heavy atom. The lowest BCUT2D eigenvalue weighted by Gasteiger charge is -2.38. The van der Waals surface area contributed by atoms with Crippen LogP contribution in [0.4, 0.5) is 0 Å². The Kier molecular flexibility index (Phi) is 9.82. The molecule has 1 saturated carbocycles. The van der Waals surface area contributed by atoms with Crippen molar-refractivity contribution in [3.05, 3.63) is 0 Å². The first kappa shape index (κ1) is 21.0. The van der Waals surface area contributed by atoms with Crippen molar-refractivity contribution >= 4 is 11.9 Å². The third-order valence-corrected chi connectivity index (χ3v) is 5.48. The molecule has 1 amide bonds. The van der Waals surface area contributed by atoms with Gasteiger partial charge in [-0.1, -0.05) is 32.6 Å². The van der Waals surface area contributed by atoms with Gasteiger partial charge in [-0.15, -0.1) is 0 Å². The zero-order valence-corrected chi connectivity index (χ0v) is 16.9. The number of nitrogens with one attached hydrogen (secondary N) is 2. The van der Waals surface area contributed by atoms with Crippen LogP contribution >= 0.6 is 0 Å². The number of amides is 1. The van der Waals surface area contributed by atoms with E-state index in [1.165, 1.54) is 32.1 Å². The van der Waals surface area contributed by atoms with E-state index in [4.69, 9.17) is 0 Å². The number of carbonyl (C=O) groups excluding carboxylic acids is 1. The molecule has 2 rings (SSSR count). The van der Waals surface area contributed by atoms with Crippen molar-refractivity contribution in [2.45, 2.75) is 58.8 Å². The molecule has 2 N–H and O–H groups in total. The summed E-state index contributed by atoms with van der Waals surface area (Å²) in [6, 6.07) is 0. The molecule has 0 unspecified atom stereocenters. The Hall–Kier alpha value is -1.30. The zero-order valence-electron chi connectivity index (χ0n) is 16.9. The van der Waals surface area contributed by atoms with Gasteiger partial charge in [0.1, 0.15) is 0 Å². The van der Waals surface area contributed by atoms with Crippen molar-refractivity contribution in [3.8, 4) is 0 Å². The highest BCUT2D eigenvalue weighted by Crippen LogP contribution is 2.28. The Bertz CT molecular complexity index is 428. The highest BCUT2D eigenvalue weighted by molar-refractivity contribution is 5.80. The van der Waals surface area contributed by atoms with Crippen LogP contribution in [-0.4, -0.2) is 74.0 Å². The monoisotopic (exact) mass is 365 g/mol. The van der Waals surface area contributed by atoms with E-state index >= 15 is 0 Å². The smallest absolute Gasteiger partial charge is 0.225 e. The summed E-state index contributed by atoms with van der Waals surface area (Å²) in [6.45, 7) is 11.8. The SMILES string of the molecule is CCCCCCN=C(NCC)NCCN1CCN(C(=O)C2CCC2)CC1. The average Bonchev–Trinajstić information content (AvgIpc) is 2.60. The number of carbonyl (C=O) groups is 1. The molecule has 150 valence electrons. The Morgan fingerprint density at radius 1 is 1.04 bits per heavy atom. The fraction of sp³-hybridized carbons (Fsp3) is 0.900. The quantitative estimate of drug-likeness (QED) is 0.353. The largest absolute Gasteiger partial charge is 0.357 e. The summed E-state index contributed by atoms with van der Waals surface area (Å²) in [4.78, 5) is 21.5. The van der Waals surface area contributed by atoms with Crippen LogP contribution in [0.15, 0.2) is 4.99 Å². The van der Waals surface area contributed by atoms with Gasteiger partial charge in [-0.2, -0.15) is 0 Å². The van der Waals surface area contributed by atoms with Crippen LogP contribution < -0.4 is 10.6 Å². The van der Waals surface area contributed by atoms with E-state index in [9.17, 15) is 4.79 Å². The summed E-state index contributed by atoms with van der Waals surface area (Å²) >= 11 is 0. The first-order valence-electron chi connectivity index (χ1n) is 10.8. The number of rotatable bonds is 10. The molecule has 0 atom stereocenters. The van der Waals surface area contributed by atoms with Crippen LogP contribution in [0.25, 0.3) is 0 Å². The minimum Gasteiger partial charge on any atom is -0.357 e. The standard InChI is InChI=1S/C20H39N5O/c1-3-5-6-7-11-22-20(21-4-2)23-12-13-24-14-16-25(17-15-24)19(26)18-9-8-10-18/h18H,3-17H2,1-2H3,(H2,21,22,23). The van der Waals surface area contributed by atoms with Gasteiger partial charge in [-0.3, -0.25) is 14.7 Å². The van der Waals surface area contributed by atoms with Crippen molar-refractivity contribution in [1.29, 1.82) is 0 Å². The minimum atomic E-state index is 0.333. The molecule has 0 aromatic carbocycles. The van der Waals surface area contributed by atoms with Crippen molar-refractivity contribution < 1.29 is 4.79 Å². The van der Waals surface area contributed by atoms with Crippen LogP contribution in [0, 0.1) is 5.92 Å². The van der Waals surface area contributed by atoms with E-state index in [0.29, 0.717) is 11.8 Å². The summed E-state index contributed by atoms with van der Waals surface area (Å²) < 4.78 is 0. The van der Waals surface area contributed by atoms with E-state index in [1.54, 1.807) is 0 Å². The number of aliphatic imine (C=N–C) groups is 1. The highest BCUT2D eigenvalue weighted by Gasteiger charge is 2.30. The Labute approximate surface area is 159 Å². The van der Waals surface area contributed by atoms with E-state index in [2.05, 4.69) is 39.3 Å². The van der Waals surface area contributed by atoms with Crippen LogP contribution in [0.5, 0.6) is 0 Å². The second-order valence-corrected chi connectivity index (χ2v) is 7.54. The summed E-state index contributed by atoms with van der Waals surface area (Å²) in [7, 11) is 0. The number of guanidine groups is 1. The van der Waals surface area contributed by atoms with E-state index in [1.807, 2.05) is 0 Å². The predicted molar refractivity (Wildman–Crippen MR) is 108 cm³/mol. The first-order chi connectivity index (χ1) is 12.7. The molecule has 0 spiro atoms. The minimum absolute atomic E-state index is 0.333. The summed E-state index contributed by atoms with van der Waals surface area (Å²) in [6.07, 6.45) is 8.44. The fourth-order valence-corrected chi connectivity index (χ4v) is 3.51. The van der Waals surface area contributed by atoms with Crippen LogP contribution in [0.1, 0.15) is 58.8 Å². The molecule has 1 aliphatic carbocycles. The molecule has 0 aromatic rings. The molecule has 2 fully saturated rings. The maximum Gasteiger partial charge on any atom is 0.225 e. The van der Waals surface area contributed by atoms with Crippen molar-refractivity contribution in [2.75, 3.05) is 52.4 Å². The molecule has 6 nitrogen and oxygen atoms in total. The second kappa shape index (κ2) is 12.2. The lowest BCUT2D eigenvalue weighted by atomic mass is 9.84. The Balaban J connectivity index is 1.60. The molecule has 1 aliphatic heterocycles. The topological polar surface area (TPSA) is 60.0 Å². The number of nitrogens with zero attached hydrogens (tertiary/aromatic N) is 3. The van der Waals surface area contributed by atoms with E-state index in [0.717, 1.165) is 71.2 Å². The Morgan fingerprint density at radius 3 is 2.42 bits per heavy atom. The number of hydrogen-bond acceptors (Lipinski definition) is 3. The van der Waals surface area contributed by atoms with Gasteiger partial charge >= 0.3 is 0 Å². The number of hydrogen-bond donors (Lipinski definition) is 2. The molecule has 2 aliphatic rings. The van der Waals surface area contributed by atoms with Crippen LogP contribution in [0.3, 0.4) is 0 Å². The van der Waals surface area contributed by atoms with Gasteiger partial charge < -0.3 is 15.5 Å². The van der Waals surface area contributed by atoms with Crippen molar-refractivity contribution in [2.24, 2.45) is 10.9 Å². The molecule has 26 heavy (non-hydrogen) atoms. The van der Waals surface area contributed by atoms with Gasteiger partial charge in [0.2, 0.25) is 5.91 Å². The molecule has 0 aromatic heterocycles. The van der Waals surface area contributed by atoms with Gasteiger partial charge in [0, 0.05) is 58.3 Å². The van der Waals surface area contributed by atoms with Gasteiger partial charge in [-0.25, -0.2) is 0 Å². The molecule has 1 heterocycles. The summed E-state index contributed by atoms with van der Waals surface area (Å²) in [5, 5.41) is 6.77. The predicted octanol–water partition coefficient (Wildman–Crippen LogP) is 2.07. The summed E-state index contributed by atoms with van der Waals surface area (Å²) in [5.74, 6) is 1.67. The van der Waals surface area contributed by atoms with E-state index < -0.39 is 0 Å². The molecular weight excluding hydrogens is 326 g/mol. The zero-order chi connectivity index (χ0) is 18.6. The average molecular weight is 366 g/mol. The van der Waals surface area contributed by atoms with Gasteiger partial charge in [-0.05, 0) is 26.2 Å². The molecular formula is C20H39N5O. The summed E-state index contributed by atoms with van der Waals surface area (Å²) in [5.41, 5.74) is 0. The van der Waals surface area contributed by atoms with Crippen molar-refractivity contribution in [1.82, 2.24) is 20.4 Å². The lowest BCUT2D eigenvalue weighted by molar-refractivity contribution is -0.139. The highest BCUT2D eigenvalue weighted by atomic mass is 16.2. The van der Waals surface area contributed by atoms with Crippen molar-refractivity contribution in [3.63, 3.8) is 0 Å². The van der Waals surface area contributed by atoms with Gasteiger partial charge in [0.05, 0.1) is 0 Å².